The Bertz CT molecular complexity index is 344. The number of aliphatic hydroxyl groups is 1. The molecular formula is C13H18O2. The Hall–Kier alpha value is -1.02. The first-order chi connectivity index (χ1) is 7.20. The van der Waals surface area contributed by atoms with Crippen molar-refractivity contribution < 1.29 is 9.84 Å². The number of methoxy groups -OCH3 is 1. The molecule has 0 fully saturated rings. The van der Waals surface area contributed by atoms with E-state index in [9.17, 15) is 5.11 Å². The second-order valence-corrected chi connectivity index (χ2v) is 4.38. The van der Waals surface area contributed by atoms with Crippen LogP contribution in [0, 0.1) is 5.92 Å². The molecule has 1 N–H and O–H groups in total. The topological polar surface area (TPSA) is 29.5 Å². The van der Waals surface area contributed by atoms with Gasteiger partial charge < -0.3 is 9.84 Å². The smallest absolute Gasteiger partial charge is 0.119 e. The van der Waals surface area contributed by atoms with E-state index in [4.69, 9.17) is 4.74 Å². The number of hydrogen-bond donors (Lipinski definition) is 1. The number of aliphatic hydroxyl groups excluding tert-OH is 1. The molecule has 2 atom stereocenters. The summed E-state index contributed by atoms with van der Waals surface area (Å²) < 4.78 is 5.21. The minimum absolute atomic E-state index is 0.194. The van der Waals surface area contributed by atoms with Crippen molar-refractivity contribution in [2.75, 3.05) is 7.11 Å². The maximum absolute atomic E-state index is 9.58. The molecule has 0 aromatic heterocycles. The summed E-state index contributed by atoms with van der Waals surface area (Å²) in [4.78, 5) is 0. The first kappa shape index (κ1) is 10.5. The van der Waals surface area contributed by atoms with E-state index in [1.165, 1.54) is 11.1 Å². The highest BCUT2D eigenvalue weighted by atomic mass is 16.5. The van der Waals surface area contributed by atoms with Crippen molar-refractivity contribution >= 4 is 0 Å². The van der Waals surface area contributed by atoms with Gasteiger partial charge in [0, 0.05) is 0 Å². The highest BCUT2D eigenvalue weighted by Crippen LogP contribution is 2.29. The van der Waals surface area contributed by atoms with Gasteiger partial charge in [-0.05, 0) is 55.4 Å². The second-order valence-electron chi connectivity index (χ2n) is 4.38. The average molecular weight is 206 g/mol. The molecule has 0 amide bonds. The summed E-state index contributed by atoms with van der Waals surface area (Å²) in [5, 5.41) is 9.58. The maximum atomic E-state index is 9.58. The molecule has 0 radical (unpaired) electrons. The monoisotopic (exact) mass is 206 g/mol. The fourth-order valence-electron chi connectivity index (χ4n) is 2.30. The lowest BCUT2D eigenvalue weighted by molar-refractivity contribution is 0.116. The molecule has 1 aromatic rings. The first-order valence-electron chi connectivity index (χ1n) is 5.54. The van der Waals surface area contributed by atoms with Crippen molar-refractivity contribution in [3.63, 3.8) is 0 Å². The van der Waals surface area contributed by atoms with Crippen LogP contribution in [-0.4, -0.2) is 18.3 Å². The molecule has 0 bridgehead atoms. The molecule has 0 saturated heterocycles. The number of benzene rings is 1. The lowest BCUT2D eigenvalue weighted by atomic mass is 9.81. The number of ether oxygens (including phenoxy) is 1. The largest absolute Gasteiger partial charge is 0.497 e. The van der Waals surface area contributed by atoms with E-state index in [1.54, 1.807) is 7.11 Å². The third-order valence-electron chi connectivity index (χ3n) is 3.36. The Morgan fingerprint density at radius 3 is 2.87 bits per heavy atom. The Labute approximate surface area is 90.9 Å². The van der Waals surface area contributed by atoms with Crippen LogP contribution in [0.5, 0.6) is 5.75 Å². The van der Waals surface area contributed by atoms with Crippen molar-refractivity contribution in [3.05, 3.63) is 29.3 Å². The van der Waals surface area contributed by atoms with Gasteiger partial charge in [-0.2, -0.15) is 0 Å². The zero-order chi connectivity index (χ0) is 10.8. The highest BCUT2D eigenvalue weighted by Gasteiger charge is 2.22. The average Bonchev–Trinajstić information content (AvgIpc) is 2.27. The number of rotatable bonds is 2. The van der Waals surface area contributed by atoms with Crippen LogP contribution in [0.25, 0.3) is 0 Å². The predicted octanol–water partition coefficient (Wildman–Crippen LogP) is 2.18. The summed E-state index contributed by atoms with van der Waals surface area (Å²) in [5.74, 6) is 1.36. The standard InChI is InChI=1S/C13H18O2/c1-9(14)10-3-4-12-8-13(15-2)6-5-11(12)7-10/h5-6,8-10,14H,3-4,7H2,1-2H3. The van der Waals surface area contributed by atoms with E-state index in [2.05, 4.69) is 12.1 Å². The molecule has 2 nitrogen and oxygen atoms in total. The zero-order valence-corrected chi connectivity index (χ0v) is 9.36. The molecule has 2 heteroatoms. The molecular weight excluding hydrogens is 188 g/mol. The molecule has 0 aliphatic heterocycles. The van der Waals surface area contributed by atoms with Crippen molar-refractivity contribution in [3.8, 4) is 5.75 Å². The molecule has 82 valence electrons. The number of aryl methyl sites for hydroxylation is 1. The van der Waals surface area contributed by atoms with Gasteiger partial charge in [0.15, 0.2) is 0 Å². The third-order valence-corrected chi connectivity index (χ3v) is 3.36. The molecule has 0 saturated carbocycles. The quantitative estimate of drug-likeness (QED) is 0.803. The van der Waals surface area contributed by atoms with E-state index in [-0.39, 0.29) is 6.10 Å². The Morgan fingerprint density at radius 2 is 2.20 bits per heavy atom. The predicted molar refractivity (Wildman–Crippen MR) is 60.2 cm³/mol. The fourth-order valence-corrected chi connectivity index (χ4v) is 2.30. The van der Waals surface area contributed by atoms with Crippen molar-refractivity contribution in [1.29, 1.82) is 0 Å². The Balaban J connectivity index is 2.21. The maximum Gasteiger partial charge on any atom is 0.119 e. The Kier molecular flexibility index (Phi) is 2.96. The van der Waals surface area contributed by atoms with Crippen LogP contribution in [0.1, 0.15) is 24.5 Å². The van der Waals surface area contributed by atoms with Crippen LogP contribution in [0.15, 0.2) is 18.2 Å². The molecule has 0 heterocycles. The molecule has 2 rings (SSSR count). The lowest BCUT2D eigenvalue weighted by Gasteiger charge is -2.26. The first-order valence-corrected chi connectivity index (χ1v) is 5.54. The summed E-state index contributed by atoms with van der Waals surface area (Å²) in [5.41, 5.74) is 2.75. The molecule has 1 aliphatic carbocycles. The fraction of sp³-hybridized carbons (Fsp3) is 0.538. The molecule has 2 unspecified atom stereocenters. The second kappa shape index (κ2) is 4.23. The van der Waals surface area contributed by atoms with Gasteiger partial charge >= 0.3 is 0 Å². The minimum Gasteiger partial charge on any atom is -0.497 e. The van der Waals surface area contributed by atoms with Crippen LogP contribution in [0.4, 0.5) is 0 Å². The number of fused-ring (bicyclic) bond motifs is 1. The van der Waals surface area contributed by atoms with Gasteiger partial charge in [0.1, 0.15) is 5.75 Å². The van der Waals surface area contributed by atoms with E-state index in [0.29, 0.717) is 5.92 Å². The van der Waals surface area contributed by atoms with E-state index in [0.717, 1.165) is 25.0 Å². The van der Waals surface area contributed by atoms with Crippen LogP contribution < -0.4 is 4.74 Å². The summed E-state index contributed by atoms with van der Waals surface area (Å²) in [6.07, 6.45) is 2.94. The van der Waals surface area contributed by atoms with Gasteiger partial charge in [-0.3, -0.25) is 0 Å². The highest BCUT2D eigenvalue weighted by molar-refractivity contribution is 5.37. The molecule has 0 spiro atoms. The lowest BCUT2D eigenvalue weighted by Crippen LogP contribution is -2.24. The van der Waals surface area contributed by atoms with Gasteiger partial charge in [-0.1, -0.05) is 6.07 Å². The molecule has 1 aliphatic rings. The van der Waals surface area contributed by atoms with Gasteiger partial charge in [0.25, 0.3) is 0 Å². The molecule has 15 heavy (non-hydrogen) atoms. The summed E-state index contributed by atoms with van der Waals surface area (Å²) >= 11 is 0. The summed E-state index contributed by atoms with van der Waals surface area (Å²) in [7, 11) is 1.70. The summed E-state index contributed by atoms with van der Waals surface area (Å²) in [6, 6.07) is 6.25. The molecule has 1 aromatic carbocycles. The van der Waals surface area contributed by atoms with Gasteiger partial charge in [-0.15, -0.1) is 0 Å². The van der Waals surface area contributed by atoms with Crippen LogP contribution in [-0.2, 0) is 12.8 Å². The van der Waals surface area contributed by atoms with E-state index in [1.807, 2.05) is 13.0 Å². The third kappa shape index (κ3) is 2.15. The van der Waals surface area contributed by atoms with Gasteiger partial charge in [0.05, 0.1) is 13.2 Å². The van der Waals surface area contributed by atoms with E-state index >= 15 is 0 Å². The normalized spacial score (nSPS) is 21.9. The summed E-state index contributed by atoms with van der Waals surface area (Å²) in [6.45, 7) is 1.89. The van der Waals surface area contributed by atoms with Crippen molar-refractivity contribution in [2.45, 2.75) is 32.3 Å². The number of hydrogen-bond acceptors (Lipinski definition) is 2. The SMILES string of the molecule is COc1ccc2c(c1)CCC(C(C)O)C2. The van der Waals surface area contributed by atoms with Crippen molar-refractivity contribution in [2.24, 2.45) is 5.92 Å². The van der Waals surface area contributed by atoms with Crippen molar-refractivity contribution in [1.82, 2.24) is 0 Å². The van der Waals surface area contributed by atoms with Crippen LogP contribution >= 0.6 is 0 Å². The minimum atomic E-state index is -0.194. The Morgan fingerprint density at radius 1 is 1.40 bits per heavy atom. The van der Waals surface area contributed by atoms with Crippen LogP contribution in [0.2, 0.25) is 0 Å². The van der Waals surface area contributed by atoms with E-state index < -0.39 is 0 Å². The van der Waals surface area contributed by atoms with Crippen LogP contribution in [0.3, 0.4) is 0 Å². The van der Waals surface area contributed by atoms with Gasteiger partial charge in [0.2, 0.25) is 0 Å². The van der Waals surface area contributed by atoms with Gasteiger partial charge in [-0.25, -0.2) is 0 Å². The zero-order valence-electron chi connectivity index (χ0n) is 9.36.